The third-order valence-corrected chi connectivity index (χ3v) is 4.98. The molecular formula is C16H26ClN3. The van der Waals surface area contributed by atoms with Crippen molar-refractivity contribution in [3.63, 3.8) is 0 Å². The molecule has 1 aliphatic rings. The molecule has 1 fully saturated rings. The van der Waals surface area contributed by atoms with Crippen LogP contribution in [-0.2, 0) is 6.42 Å². The van der Waals surface area contributed by atoms with Crippen LogP contribution in [0.1, 0.15) is 51.5 Å². The highest BCUT2D eigenvalue weighted by molar-refractivity contribution is 6.31. The van der Waals surface area contributed by atoms with Gasteiger partial charge in [0.25, 0.3) is 0 Å². The lowest BCUT2D eigenvalue weighted by Gasteiger charge is -2.39. The Kier molecular flexibility index (Phi) is 5.42. The molecule has 1 atom stereocenters. The maximum absolute atomic E-state index is 6.25. The fraction of sp³-hybridized carbons (Fsp3) is 0.688. The highest BCUT2D eigenvalue weighted by Crippen LogP contribution is 2.46. The van der Waals surface area contributed by atoms with Crippen molar-refractivity contribution in [2.45, 2.75) is 58.4 Å². The number of aromatic nitrogens is 1. The van der Waals surface area contributed by atoms with E-state index >= 15 is 0 Å². The standard InChI is InChI=1S/C16H26ClN3/c1-12(2)10-16(6-3-4-7-16)15(20-18)9-13-5-8-19-11-14(13)17/h5,8,11-12,15,20H,3-4,6-7,9-10,18H2,1-2H3. The summed E-state index contributed by atoms with van der Waals surface area (Å²) < 4.78 is 0. The van der Waals surface area contributed by atoms with Gasteiger partial charge in [-0.25, -0.2) is 0 Å². The van der Waals surface area contributed by atoms with Crippen molar-refractivity contribution in [2.24, 2.45) is 17.2 Å². The molecule has 20 heavy (non-hydrogen) atoms. The molecule has 0 aliphatic heterocycles. The molecule has 0 amide bonds. The molecule has 112 valence electrons. The van der Waals surface area contributed by atoms with Gasteiger partial charge in [-0.15, -0.1) is 0 Å². The zero-order chi connectivity index (χ0) is 14.6. The molecule has 1 heterocycles. The second-order valence-corrected chi connectivity index (χ2v) is 6.97. The Morgan fingerprint density at radius 3 is 2.65 bits per heavy atom. The number of pyridine rings is 1. The van der Waals surface area contributed by atoms with E-state index in [1.807, 2.05) is 6.07 Å². The summed E-state index contributed by atoms with van der Waals surface area (Å²) in [6, 6.07) is 2.29. The number of hydrogen-bond donors (Lipinski definition) is 2. The van der Waals surface area contributed by atoms with Crippen LogP contribution in [0, 0.1) is 11.3 Å². The summed E-state index contributed by atoms with van der Waals surface area (Å²) in [6.07, 6.45) is 10.8. The topological polar surface area (TPSA) is 50.9 Å². The second kappa shape index (κ2) is 6.88. The van der Waals surface area contributed by atoms with Gasteiger partial charge in [-0.2, -0.15) is 0 Å². The molecule has 0 aromatic carbocycles. The molecule has 1 unspecified atom stereocenters. The average Bonchev–Trinajstić information content (AvgIpc) is 2.86. The fourth-order valence-electron chi connectivity index (χ4n) is 3.83. The predicted octanol–water partition coefficient (Wildman–Crippen LogP) is 3.72. The quantitative estimate of drug-likeness (QED) is 0.621. The van der Waals surface area contributed by atoms with Gasteiger partial charge < -0.3 is 0 Å². The third-order valence-electron chi connectivity index (χ3n) is 4.63. The molecule has 0 saturated heterocycles. The number of hydrazine groups is 1. The van der Waals surface area contributed by atoms with E-state index in [2.05, 4.69) is 24.3 Å². The molecule has 0 radical (unpaired) electrons. The molecule has 1 aromatic heterocycles. The Morgan fingerprint density at radius 2 is 2.10 bits per heavy atom. The zero-order valence-electron chi connectivity index (χ0n) is 12.5. The summed E-state index contributed by atoms with van der Waals surface area (Å²) in [5.74, 6) is 6.59. The summed E-state index contributed by atoms with van der Waals surface area (Å²) in [7, 11) is 0. The summed E-state index contributed by atoms with van der Waals surface area (Å²) in [5, 5.41) is 0.741. The van der Waals surface area contributed by atoms with E-state index in [0.717, 1.165) is 17.0 Å². The van der Waals surface area contributed by atoms with Crippen molar-refractivity contribution < 1.29 is 0 Å². The molecule has 1 aromatic rings. The highest BCUT2D eigenvalue weighted by atomic mass is 35.5. The van der Waals surface area contributed by atoms with Crippen LogP contribution in [-0.4, -0.2) is 11.0 Å². The normalized spacial score (nSPS) is 19.4. The highest BCUT2D eigenvalue weighted by Gasteiger charge is 2.41. The molecule has 1 saturated carbocycles. The summed E-state index contributed by atoms with van der Waals surface area (Å²) in [4.78, 5) is 4.06. The van der Waals surface area contributed by atoms with E-state index in [1.54, 1.807) is 12.4 Å². The van der Waals surface area contributed by atoms with E-state index in [9.17, 15) is 0 Å². The Bertz CT molecular complexity index is 427. The molecule has 3 nitrogen and oxygen atoms in total. The minimum absolute atomic E-state index is 0.285. The van der Waals surface area contributed by atoms with Gasteiger partial charge in [-0.3, -0.25) is 16.3 Å². The molecule has 0 spiro atoms. The minimum Gasteiger partial charge on any atom is -0.271 e. The number of hydrogen-bond acceptors (Lipinski definition) is 3. The van der Waals surface area contributed by atoms with Gasteiger partial charge >= 0.3 is 0 Å². The Morgan fingerprint density at radius 1 is 1.40 bits per heavy atom. The lowest BCUT2D eigenvalue weighted by molar-refractivity contribution is 0.154. The van der Waals surface area contributed by atoms with Gasteiger partial charge in [-0.1, -0.05) is 38.3 Å². The van der Waals surface area contributed by atoms with E-state index in [1.165, 1.54) is 32.1 Å². The first-order valence-electron chi connectivity index (χ1n) is 7.62. The largest absolute Gasteiger partial charge is 0.271 e. The van der Waals surface area contributed by atoms with Crippen LogP contribution in [0.3, 0.4) is 0 Å². The molecule has 0 bridgehead atoms. The van der Waals surface area contributed by atoms with Gasteiger partial charge in [0, 0.05) is 18.4 Å². The number of rotatable bonds is 6. The van der Waals surface area contributed by atoms with Gasteiger partial charge in [0.1, 0.15) is 0 Å². The van der Waals surface area contributed by atoms with E-state index in [-0.39, 0.29) is 6.04 Å². The van der Waals surface area contributed by atoms with Crippen LogP contribution < -0.4 is 11.3 Å². The van der Waals surface area contributed by atoms with Gasteiger partial charge in [0.05, 0.1) is 5.02 Å². The summed E-state index contributed by atoms with van der Waals surface area (Å²) in [6.45, 7) is 4.60. The Labute approximate surface area is 127 Å². The summed E-state index contributed by atoms with van der Waals surface area (Å²) >= 11 is 6.25. The fourth-order valence-corrected chi connectivity index (χ4v) is 4.03. The van der Waals surface area contributed by atoms with Gasteiger partial charge in [0.2, 0.25) is 0 Å². The van der Waals surface area contributed by atoms with Gasteiger partial charge in [0.15, 0.2) is 0 Å². The SMILES string of the molecule is CC(C)CC1(C(Cc2ccncc2Cl)NN)CCCC1. The monoisotopic (exact) mass is 295 g/mol. The minimum atomic E-state index is 0.285. The summed E-state index contributed by atoms with van der Waals surface area (Å²) in [5.41, 5.74) is 4.54. The van der Waals surface area contributed by atoms with E-state index < -0.39 is 0 Å². The Hall–Kier alpha value is -0.640. The van der Waals surface area contributed by atoms with Crippen molar-refractivity contribution in [2.75, 3.05) is 0 Å². The van der Waals surface area contributed by atoms with E-state index in [4.69, 9.17) is 17.4 Å². The number of nitrogens with two attached hydrogens (primary N) is 1. The van der Waals surface area contributed by atoms with Crippen LogP contribution in [0.4, 0.5) is 0 Å². The average molecular weight is 296 g/mol. The number of nitrogens with zero attached hydrogens (tertiary/aromatic N) is 1. The second-order valence-electron chi connectivity index (χ2n) is 6.56. The van der Waals surface area contributed by atoms with Crippen molar-refractivity contribution in [3.05, 3.63) is 29.0 Å². The number of halogens is 1. The van der Waals surface area contributed by atoms with Crippen molar-refractivity contribution >= 4 is 11.6 Å². The van der Waals surface area contributed by atoms with Crippen LogP contribution in [0.5, 0.6) is 0 Å². The third kappa shape index (κ3) is 3.51. The zero-order valence-corrected chi connectivity index (χ0v) is 13.3. The van der Waals surface area contributed by atoms with Crippen LogP contribution in [0.15, 0.2) is 18.5 Å². The van der Waals surface area contributed by atoms with Crippen LogP contribution in [0.25, 0.3) is 0 Å². The maximum Gasteiger partial charge on any atom is 0.0621 e. The lowest BCUT2D eigenvalue weighted by atomic mass is 9.71. The van der Waals surface area contributed by atoms with Crippen molar-refractivity contribution in [1.82, 2.24) is 10.4 Å². The van der Waals surface area contributed by atoms with Crippen molar-refractivity contribution in [3.8, 4) is 0 Å². The van der Waals surface area contributed by atoms with Crippen LogP contribution in [0.2, 0.25) is 5.02 Å². The van der Waals surface area contributed by atoms with E-state index in [0.29, 0.717) is 11.3 Å². The van der Waals surface area contributed by atoms with Gasteiger partial charge in [-0.05, 0) is 48.6 Å². The first-order valence-corrected chi connectivity index (χ1v) is 8.00. The van der Waals surface area contributed by atoms with Crippen molar-refractivity contribution in [1.29, 1.82) is 0 Å². The van der Waals surface area contributed by atoms with Crippen LogP contribution >= 0.6 is 11.6 Å². The molecule has 2 rings (SSSR count). The first kappa shape index (κ1) is 15.7. The predicted molar refractivity (Wildman–Crippen MR) is 84.4 cm³/mol. The lowest BCUT2D eigenvalue weighted by Crippen LogP contribution is -2.49. The molecule has 4 heteroatoms. The smallest absolute Gasteiger partial charge is 0.0621 e. The molecule has 3 N–H and O–H groups in total. The molecule has 1 aliphatic carbocycles. The molecular weight excluding hydrogens is 270 g/mol. The first-order chi connectivity index (χ1) is 9.57. The maximum atomic E-state index is 6.25. The number of nitrogens with one attached hydrogen (secondary N) is 1. The Balaban J connectivity index is 2.19.